The van der Waals surface area contributed by atoms with Crippen LogP contribution in [0.15, 0.2) is 24.3 Å². The number of carbonyl (C=O) groups is 2. The van der Waals surface area contributed by atoms with Crippen molar-refractivity contribution in [1.82, 2.24) is 9.80 Å². The van der Waals surface area contributed by atoms with Crippen LogP contribution in [0.5, 0.6) is 5.75 Å². The minimum Gasteiger partial charge on any atom is -0.491 e. The Morgan fingerprint density at radius 2 is 2.00 bits per heavy atom. The summed E-state index contributed by atoms with van der Waals surface area (Å²) in [5, 5.41) is 0. The lowest BCUT2D eigenvalue weighted by Crippen LogP contribution is -2.42. The van der Waals surface area contributed by atoms with E-state index in [0.717, 1.165) is 24.2 Å². The molecule has 0 aliphatic carbocycles. The number of ether oxygens (including phenoxy) is 1. The van der Waals surface area contributed by atoms with Crippen LogP contribution in [0.25, 0.3) is 0 Å². The molecule has 124 valence electrons. The number of fused-ring (bicyclic) bond motifs is 1. The monoisotopic (exact) mass is 316 g/mol. The number of amides is 3. The molecule has 23 heavy (non-hydrogen) atoms. The van der Waals surface area contributed by atoms with Gasteiger partial charge >= 0.3 is 6.03 Å². The Balaban J connectivity index is 1.64. The average molecular weight is 316 g/mol. The SMILES string of the molecule is CC(C)c1ccccc1OCCN1C(=O)N2CCCC2(C)C1=O. The predicted octanol–water partition coefficient (Wildman–Crippen LogP) is 3.01. The Morgan fingerprint density at radius 3 is 2.70 bits per heavy atom. The minimum absolute atomic E-state index is 0.0826. The standard InChI is InChI=1S/C18H24N2O3/c1-13(2)14-7-4-5-8-15(14)23-12-11-19-16(21)18(3)9-6-10-20(18)17(19)22/h4-5,7-8,13H,6,9-12H2,1-3H3. The van der Waals surface area contributed by atoms with Gasteiger partial charge in [-0.25, -0.2) is 4.79 Å². The molecule has 2 fully saturated rings. The van der Waals surface area contributed by atoms with Crippen molar-refractivity contribution < 1.29 is 14.3 Å². The highest BCUT2D eigenvalue weighted by atomic mass is 16.5. The second-order valence-electron chi connectivity index (χ2n) is 6.81. The number of rotatable bonds is 5. The van der Waals surface area contributed by atoms with Crippen molar-refractivity contribution in [3.63, 3.8) is 0 Å². The maximum atomic E-state index is 12.5. The first-order valence-electron chi connectivity index (χ1n) is 8.30. The van der Waals surface area contributed by atoms with Gasteiger partial charge in [0.15, 0.2) is 0 Å². The Kier molecular flexibility index (Phi) is 4.04. The number of nitrogens with zero attached hydrogens (tertiary/aromatic N) is 2. The first kappa shape index (κ1) is 15.8. The maximum Gasteiger partial charge on any atom is 0.327 e. The smallest absolute Gasteiger partial charge is 0.327 e. The highest BCUT2D eigenvalue weighted by molar-refractivity contribution is 6.07. The van der Waals surface area contributed by atoms with Crippen molar-refractivity contribution in [1.29, 1.82) is 0 Å². The van der Waals surface area contributed by atoms with Gasteiger partial charge in [0.1, 0.15) is 17.9 Å². The second-order valence-corrected chi connectivity index (χ2v) is 6.81. The molecule has 0 N–H and O–H groups in total. The van der Waals surface area contributed by atoms with Gasteiger partial charge in [0.05, 0.1) is 6.54 Å². The van der Waals surface area contributed by atoms with E-state index in [1.807, 2.05) is 31.2 Å². The van der Waals surface area contributed by atoms with Gasteiger partial charge in [-0.1, -0.05) is 32.0 Å². The van der Waals surface area contributed by atoms with Gasteiger partial charge in [-0.05, 0) is 37.3 Å². The molecule has 5 nitrogen and oxygen atoms in total. The third-order valence-corrected chi connectivity index (χ3v) is 4.92. The van der Waals surface area contributed by atoms with E-state index in [2.05, 4.69) is 13.8 Å². The predicted molar refractivity (Wildman–Crippen MR) is 87.5 cm³/mol. The van der Waals surface area contributed by atoms with E-state index < -0.39 is 5.54 Å². The fourth-order valence-electron chi connectivity index (χ4n) is 3.55. The van der Waals surface area contributed by atoms with E-state index in [-0.39, 0.29) is 11.9 Å². The van der Waals surface area contributed by atoms with Crippen molar-refractivity contribution in [2.45, 2.75) is 45.1 Å². The summed E-state index contributed by atoms with van der Waals surface area (Å²) in [5.41, 5.74) is 0.506. The summed E-state index contributed by atoms with van der Waals surface area (Å²) in [4.78, 5) is 28.0. The largest absolute Gasteiger partial charge is 0.491 e. The van der Waals surface area contributed by atoms with Crippen LogP contribution in [0.1, 0.15) is 45.1 Å². The molecule has 3 amide bonds. The van der Waals surface area contributed by atoms with E-state index >= 15 is 0 Å². The molecule has 2 aliphatic heterocycles. The molecule has 3 rings (SSSR count). The van der Waals surface area contributed by atoms with Crippen LogP contribution < -0.4 is 4.74 Å². The summed E-state index contributed by atoms with van der Waals surface area (Å²) in [6.45, 7) is 7.40. The van der Waals surface area contributed by atoms with Gasteiger partial charge in [0.2, 0.25) is 0 Å². The van der Waals surface area contributed by atoms with Gasteiger partial charge in [-0.15, -0.1) is 0 Å². The van der Waals surface area contributed by atoms with Crippen LogP contribution in [0.4, 0.5) is 4.79 Å². The number of imide groups is 1. The molecule has 0 saturated carbocycles. The maximum absolute atomic E-state index is 12.5. The van der Waals surface area contributed by atoms with Crippen LogP contribution in [0.2, 0.25) is 0 Å². The molecule has 1 atom stereocenters. The normalized spacial score (nSPS) is 23.8. The Morgan fingerprint density at radius 1 is 1.26 bits per heavy atom. The topological polar surface area (TPSA) is 49.9 Å². The highest BCUT2D eigenvalue weighted by Crippen LogP contribution is 2.37. The lowest BCUT2D eigenvalue weighted by Gasteiger charge is -2.22. The number of para-hydroxylation sites is 1. The second kappa shape index (κ2) is 5.87. The van der Waals surface area contributed by atoms with Crippen LogP contribution in [-0.2, 0) is 4.79 Å². The van der Waals surface area contributed by atoms with Gasteiger partial charge in [-0.3, -0.25) is 9.69 Å². The van der Waals surface area contributed by atoms with E-state index in [1.165, 1.54) is 4.90 Å². The summed E-state index contributed by atoms with van der Waals surface area (Å²) < 4.78 is 5.85. The molecule has 1 aromatic carbocycles. The Hall–Kier alpha value is -2.04. The van der Waals surface area contributed by atoms with Crippen LogP contribution >= 0.6 is 0 Å². The summed E-state index contributed by atoms with van der Waals surface area (Å²) in [7, 11) is 0. The zero-order chi connectivity index (χ0) is 16.6. The fourth-order valence-corrected chi connectivity index (χ4v) is 3.55. The Bertz CT molecular complexity index is 628. The molecule has 0 radical (unpaired) electrons. The van der Waals surface area contributed by atoms with Crippen LogP contribution in [0, 0.1) is 0 Å². The molecule has 1 aromatic rings. The van der Waals surface area contributed by atoms with E-state index in [4.69, 9.17) is 4.74 Å². The summed E-state index contributed by atoms with van der Waals surface area (Å²) >= 11 is 0. The molecule has 5 heteroatoms. The molecular formula is C18H24N2O3. The van der Waals surface area contributed by atoms with Gasteiger partial charge in [0.25, 0.3) is 5.91 Å². The lowest BCUT2D eigenvalue weighted by molar-refractivity contribution is -0.132. The summed E-state index contributed by atoms with van der Waals surface area (Å²) in [5.74, 6) is 1.11. The zero-order valence-corrected chi connectivity index (χ0v) is 14.0. The van der Waals surface area contributed by atoms with E-state index in [1.54, 1.807) is 4.90 Å². The quantitative estimate of drug-likeness (QED) is 0.785. The molecule has 2 saturated heterocycles. The van der Waals surface area contributed by atoms with Crippen molar-refractivity contribution in [2.24, 2.45) is 0 Å². The molecule has 0 bridgehead atoms. The number of benzene rings is 1. The fraction of sp³-hybridized carbons (Fsp3) is 0.556. The van der Waals surface area contributed by atoms with Crippen LogP contribution in [0.3, 0.4) is 0 Å². The van der Waals surface area contributed by atoms with Crippen molar-refractivity contribution in [3.8, 4) is 5.75 Å². The lowest BCUT2D eigenvalue weighted by atomic mass is 9.99. The highest BCUT2D eigenvalue weighted by Gasteiger charge is 2.56. The van der Waals surface area contributed by atoms with Gasteiger partial charge < -0.3 is 9.64 Å². The number of urea groups is 1. The van der Waals surface area contributed by atoms with Gasteiger partial charge in [-0.2, -0.15) is 0 Å². The van der Waals surface area contributed by atoms with Crippen molar-refractivity contribution >= 4 is 11.9 Å². The number of hydrogen-bond acceptors (Lipinski definition) is 3. The number of hydrogen-bond donors (Lipinski definition) is 0. The van der Waals surface area contributed by atoms with E-state index in [0.29, 0.717) is 25.6 Å². The molecule has 0 aromatic heterocycles. The summed E-state index contributed by atoms with van der Waals surface area (Å²) in [6, 6.07) is 7.73. The van der Waals surface area contributed by atoms with E-state index in [9.17, 15) is 9.59 Å². The molecular weight excluding hydrogens is 292 g/mol. The third kappa shape index (κ3) is 2.58. The zero-order valence-electron chi connectivity index (χ0n) is 14.0. The van der Waals surface area contributed by atoms with Crippen molar-refractivity contribution in [3.05, 3.63) is 29.8 Å². The first-order valence-corrected chi connectivity index (χ1v) is 8.30. The number of carbonyl (C=O) groups excluding carboxylic acids is 2. The van der Waals surface area contributed by atoms with Crippen molar-refractivity contribution in [2.75, 3.05) is 19.7 Å². The average Bonchev–Trinajstić information content (AvgIpc) is 3.00. The minimum atomic E-state index is -0.632. The van der Waals surface area contributed by atoms with Crippen LogP contribution in [-0.4, -0.2) is 47.0 Å². The molecule has 2 aliphatic rings. The Labute approximate surface area is 137 Å². The molecule has 2 heterocycles. The van der Waals surface area contributed by atoms with Gasteiger partial charge in [0, 0.05) is 6.54 Å². The molecule has 0 spiro atoms. The third-order valence-electron chi connectivity index (χ3n) is 4.92. The molecule has 1 unspecified atom stereocenters. The summed E-state index contributed by atoms with van der Waals surface area (Å²) in [6.07, 6.45) is 1.66. The first-order chi connectivity index (χ1) is 10.9.